The van der Waals surface area contributed by atoms with Gasteiger partial charge in [-0.05, 0) is 73.2 Å². The first-order valence-electron chi connectivity index (χ1n) is 13.4. The van der Waals surface area contributed by atoms with E-state index in [9.17, 15) is 18.0 Å². The van der Waals surface area contributed by atoms with E-state index >= 15 is 0 Å². The Morgan fingerprint density at radius 1 is 0.950 bits per heavy atom. The average molecular weight is 558 g/mol. The summed E-state index contributed by atoms with van der Waals surface area (Å²) in [5, 5.41) is 11.9. The van der Waals surface area contributed by atoms with Crippen molar-refractivity contribution in [2.45, 2.75) is 25.7 Å². The molecule has 2 aromatic carbocycles. The summed E-state index contributed by atoms with van der Waals surface area (Å²) in [6.45, 7) is 3.92. The first-order chi connectivity index (χ1) is 19.2. The summed E-state index contributed by atoms with van der Waals surface area (Å²) in [5.74, 6) is 0.784. The number of rotatable bonds is 5. The number of piperidine rings is 1. The van der Waals surface area contributed by atoms with Gasteiger partial charge in [-0.1, -0.05) is 18.2 Å². The molecule has 2 aliphatic heterocycles. The molecule has 2 aliphatic rings. The van der Waals surface area contributed by atoms with Crippen LogP contribution in [0.2, 0.25) is 0 Å². The number of sulfone groups is 1. The molecule has 0 unspecified atom stereocenters. The van der Waals surface area contributed by atoms with Crippen molar-refractivity contribution in [3.63, 3.8) is 0 Å². The van der Waals surface area contributed by atoms with Crippen LogP contribution in [-0.4, -0.2) is 67.8 Å². The van der Waals surface area contributed by atoms with Gasteiger partial charge in [0.2, 0.25) is 0 Å². The summed E-state index contributed by atoms with van der Waals surface area (Å²) in [7, 11) is -2.99. The van der Waals surface area contributed by atoms with Gasteiger partial charge in [-0.3, -0.25) is 9.59 Å². The molecule has 3 heterocycles. The van der Waals surface area contributed by atoms with E-state index < -0.39 is 9.84 Å². The quantitative estimate of drug-likeness (QED) is 0.507. The molecule has 2 amide bonds. The van der Waals surface area contributed by atoms with Crippen molar-refractivity contribution < 1.29 is 18.0 Å². The van der Waals surface area contributed by atoms with Crippen molar-refractivity contribution in [2.24, 2.45) is 0 Å². The monoisotopic (exact) mass is 557 g/mol. The molecule has 3 aromatic rings. The second kappa shape index (κ2) is 11.5. The summed E-state index contributed by atoms with van der Waals surface area (Å²) < 4.78 is 23.4. The Balaban J connectivity index is 1.20. The highest BCUT2D eigenvalue weighted by Gasteiger charge is 2.26. The van der Waals surface area contributed by atoms with E-state index in [-0.39, 0.29) is 23.3 Å². The molecule has 1 N–H and O–H groups in total. The standard InChI is InChI=1S/C30H31N5O4S/c1-21-2-5-25(30(37)35-12-10-24(11-13-35)23-6-3-22(19-31)4-7-23)18-27(21)33-29(36)26-8-9-28(32-20-26)34-14-16-40(38,39)17-15-34/h2-9,18,20,24H,10-17H2,1H3,(H,33,36). The van der Waals surface area contributed by atoms with Crippen LogP contribution in [0.3, 0.4) is 0 Å². The number of likely N-dealkylation sites (tertiary alicyclic amines) is 1. The Bertz CT molecular complexity index is 1540. The number of hydrogen-bond acceptors (Lipinski definition) is 7. The Morgan fingerprint density at radius 2 is 1.62 bits per heavy atom. The lowest BCUT2D eigenvalue weighted by molar-refractivity contribution is 0.0712. The molecular formula is C30H31N5O4S. The molecule has 10 heteroatoms. The van der Waals surface area contributed by atoms with Gasteiger partial charge >= 0.3 is 0 Å². The fourth-order valence-electron chi connectivity index (χ4n) is 5.16. The lowest BCUT2D eigenvalue weighted by Crippen LogP contribution is -2.40. The van der Waals surface area contributed by atoms with Crippen LogP contribution in [0.5, 0.6) is 0 Å². The third-order valence-electron chi connectivity index (χ3n) is 7.70. The predicted molar refractivity (Wildman–Crippen MR) is 153 cm³/mol. The number of nitriles is 1. The topological polar surface area (TPSA) is 123 Å². The lowest BCUT2D eigenvalue weighted by Gasteiger charge is -2.32. The number of carbonyl (C=O) groups excluding carboxylic acids is 2. The van der Waals surface area contributed by atoms with Crippen LogP contribution in [0.4, 0.5) is 11.5 Å². The molecule has 5 rings (SSSR count). The molecule has 9 nitrogen and oxygen atoms in total. The summed E-state index contributed by atoms with van der Waals surface area (Å²) in [6.07, 6.45) is 3.18. The second-order valence-corrected chi connectivity index (χ2v) is 12.6. The zero-order valence-corrected chi connectivity index (χ0v) is 23.2. The number of carbonyl (C=O) groups is 2. The molecule has 0 aliphatic carbocycles. The molecule has 0 bridgehead atoms. The zero-order chi connectivity index (χ0) is 28.3. The minimum atomic E-state index is -2.99. The van der Waals surface area contributed by atoms with Crippen LogP contribution < -0.4 is 10.2 Å². The van der Waals surface area contributed by atoms with Crippen molar-refractivity contribution in [1.82, 2.24) is 9.88 Å². The Morgan fingerprint density at radius 3 is 2.25 bits per heavy atom. The largest absolute Gasteiger partial charge is 0.355 e. The number of pyridine rings is 1. The first kappa shape index (κ1) is 27.3. The Labute approximate surface area is 234 Å². The van der Waals surface area contributed by atoms with E-state index in [1.165, 1.54) is 11.8 Å². The third-order valence-corrected chi connectivity index (χ3v) is 9.31. The van der Waals surface area contributed by atoms with Crippen LogP contribution in [0.25, 0.3) is 0 Å². The Kier molecular flexibility index (Phi) is 7.85. The molecule has 1 aromatic heterocycles. The van der Waals surface area contributed by atoms with E-state index in [0.717, 1.165) is 18.4 Å². The predicted octanol–water partition coefficient (Wildman–Crippen LogP) is 3.77. The normalized spacial score (nSPS) is 17.2. The van der Waals surface area contributed by atoms with Crippen molar-refractivity contribution in [3.8, 4) is 6.07 Å². The molecule has 0 saturated carbocycles. The van der Waals surface area contributed by atoms with Gasteiger partial charge in [0.15, 0.2) is 9.84 Å². The smallest absolute Gasteiger partial charge is 0.257 e. The molecule has 0 spiro atoms. The van der Waals surface area contributed by atoms with E-state index in [4.69, 9.17) is 5.26 Å². The minimum Gasteiger partial charge on any atom is -0.355 e. The molecule has 0 atom stereocenters. The molecule has 2 fully saturated rings. The van der Waals surface area contributed by atoms with Crippen LogP contribution in [0, 0.1) is 18.3 Å². The maximum atomic E-state index is 13.3. The molecule has 0 radical (unpaired) electrons. The van der Waals surface area contributed by atoms with Gasteiger partial charge in [0.05, 0.1) is 28.7 Å². The zero-order valence-electron chi connectivity index (χ0n) is 22.3. The molecular weight excluding hydrogens is 526 g/mol. The van der Waals surface area contributed by atoms with E-state index in [2.05, 4.69) is 16.4 Å². The van der Waals surface area contributed by atoms with Crippen molar-refractivity contribution in [1.29, 1.82) is 5.26 Å². The summed E-state index contributed by atoms with van der Waals surface area (Å²) >= 11 is 0. The van der Waals surface area contributed by atoms with Gasteiger partial charge in [0, 0.05) is 43.6 Å². The van der Waals surface area contributed by atoms with Crippen LogP contribution in [-0.2, 0) is 9.84 Å². The number of amides is 2. The highest BCUT2D eigenvalue weighted by Crippen LogP contribution is 2.29. The van der Waals surface area contributed by atoms with Gasteiger partial charge < -0.3 is 15.1 Å². The number of anilines is 2. The van der Waals surface area contributed by atoms with E-state index in [1.807, 2.05) is 47.1 Å². The second-order valence-electron chi connectivity index (χ2n) is 10.3. The maximum Gasteiger partial charge on any atom is 0.257 e. The first-order valence-corrected chi connectivity index (χ1v) is 15.2. The fraction of sp³-hybridized carbons (Fsp3) is 0.333. The van der Waals surface area contributed by atoms with Crippen molar-refractivity contribution in [3.05, 3.63) is 88.6 Å². The molecule has 2 saturated heterocycles. The highest BCUT2D eigenvalue weighted by molar-refractivity contribution is 7.91. The summed E-state index contributed by atoms with van der Waals surface area (Å²) in [6, 6.07) is 18.5. The number of benzene rings is 2. The number of hydrogen-bond donors (Lipinski definition) is 1. The molecule has 40 heavy (non-hydrogen) atoms. The number of nitrogens with one attached hydrogen (secondary N) is 1. The van der Waals surface area contributed by atoms with Gasteiger partial charge in [0.1, 0.15) is 5.82 Å². The van der Waals surface area contributed by atoms with Crippen LogP contribution in [0.15, 0.2) is 60.8 Å². The average Bonchev–Trinajstić information content (AvgIpc) is 2.98. The summed E-state index contributed by atoms with van der Waals surface area (Å²) in [4.78, 5) is 34.4. The number of nitrogens with zero attached hydrogens (tertiary/aromatic N) is 4. The lowest BCUT2D eigenvalue weighted by atomic mass is 9.89. The van der Waals surface area contributed by atoms with Crippen LogP contribution >= 0.6 is 0 Å². The van der Waals surface area contributed by atoms with Gasteiger partial charge in [-0.2, -0.15) is 5.26 Å². The maximum absolute atomic E-state index is 13.3. The number of aromatic nitrogens is 1. The van der Waals surface area contributed by atoms with E-state index in [0.29, 0.717) is 60.3 Å². The third kappa shape index (κ3) is 6.15. The Hall–Kier alpha value is -4.23. The fourth-order valence-corrected chi connectivity index (χ4v) is 6.36. The highest BCUT2D eigenvalue weighted by atomic mass is 32.2. The van der Waals surface area contributed by atoms with E-state index in [1.54, 1.807) is 24.3 Å². The van der Waals surface area contributed by atoms with Crippen molar-refractivity contribution in [2.75, 3.05) is 47.9 Å². The van der Waals surface area contributed by atoms with Gasteiger partial charge in [-0.15, -0.1) is 0 Å². The summed E-state index contributed by atoms with van der Waals surface area (Å²) in [5.41, 5.74) is 4.12. The molecule has 206 valence electrons. The van der Waals surface area contributed by atoms with Crippen molar-refractivity contribution >= 4 is 33.2 Å². The van der Waals surface area contributed by atoms with Gasteiger partial charge in [0.25, 0.3) is 11.8 Å². The SMILES string of the molecule is Cc1ccc(C(=O)N2CCC(c3ccc(C#N)cc3)CC2)cc1NC(=O)c1ccc(N2CCS(=O)(=O)CC2)nc1. The van der Waals surface area contributed by atoms with Crippen LogP contribution in [0.1, 0.15) is 56.2 Å². The number of aryl methyl sites for hydroxylation is 1. The van der Waals surface area contributed by atoms with Gasteiger partial charge in [-0.25, -0.2) is 13.4 Å². The minimum absolute atomic E-state index is 0.0663.